The van der Waals surface area contributed by atoms with Crippen LogP contribution in [0.3, 0.4) is 0 Å². The molecular formula is C46H88NO8P. The Bertz CT molecular complexity index is 1010. The fourth-order valence-electron chi connectivity index (χ4n) is 6.33. The summed E-state index contributed by atoms with van der Waals surface area (Å²) in [6.07, 6.45) is 41.9. The van der Waals surface area contributed by atoms with Gasteiger partial charge in [-0.15, -0.1) is 0 Å². The first-order chi connectivity index (χ1) is 27.0. The molecule has 0 rings (SSSR count). The molecule has 330 valence electrons. The third kappa shape index (κ3) is 42.1. The number of esters is 2. The molecule has 1 unspecified atom stereocenters. The van der Waals surface area contributed by atoms with Crippen LogP contribution in [0.2, 0.25) is 0 Å². The first-order valence-electron chi connectivity index (χ1n) is 23.0. The van der Waals surface area contributed by atoms with E-state index in [0.717, 1.165) is 51.4 Å². The molecule has 0 aromatic rings. The van der Waals surface area contributed by atoms with E-state index in [1.807, 2.05) is 21.1 Å². The van der Waals surface area contributed by atoms with Crippen LogP contribution < -0.4 is 4.89 Å². The fraction of sp³-hybridized carbons (Fsp3) is 0.870. The minimum absolute atomic E-state index is 0.0306. The number of carbonyl (C=O) groups excluding carboxylic acids is 2. The molecule has 0 radical (unpaired) electrons. The van der Waals surface area contributed by atoms with Crippen molar-refractivity contribution in [3.63, 3.8) is 0 Å². The molecule has 0 saturated heterocycles. The van der Waals surface area contributed by atoms with Gasteiger partial charge in [0.25, 0.3) is 7.82 Å². The van der Waals surface area contributed by atoms with Crippen LogP contribution in [-0.4, -0.2) is 70.0 Å². The number of quaternary nitrogens is 1. The van der Waals surface area contributed by atoms with Crippen LogP contribution in [0, 0.1) is 0 Å². The predicted octanol–water partition coefficient (Wildman–Crippen LogP) is 12.5. The number of ether oxygens (including phenoxy) is 2. The molecule has 0 saturated carbocycles. The van der Waals surface area contributed by atoms with Crippen molar-refractivity contribution in [3.05, 3.63) is 24.3 Å². The topological polar surface area (TPSA) is 111 Å². The Labute approximate surface area is 345 Å². The van der Waals surface area contributed by atoms with Crippen LogP contribution in [0.15, 0.2) is 24.3 Å². The smallest absolute Gasteiger partial charge is 0.306 e. The summed E-state index contributed by atoms with van der Waals surface area (Å²) in [5.41, 5.74) is 0. The molecule has 0 bridgehead atoms. The van der Waals surface area contributed by atoms with Crippen molar-refractivity contribution in [3.8, 4) is 0 Å². The Kier molecular flexibility index (Phi) is 37.9. The van der Waals surface area contributed by atoms with Gasteiger partial charge >= 0.3 is 11.9 Å². The maximum atomic E-state index is 12.7. The molecule has 56 heavy (non-hydrogen) atoms. The predicted molar refractivity (Wildman–Crippen MR) is 231 cm³/mol. The summed E-state index contributed by atoms with van der Waals surface area (Å²) >= 11 is 0. The van der Waals surface area contributed by atoms with E-state index in [9.17, 15) is 19.0 Å². The number of carbonyl (C=O) groups is 2. The third-order valence-electron chi connectivity index (χ3n) is 9.97. The molecule has 0 amide bonds. The zero-order valence-electron chi connectivity index (χ0n) is 37.1. The van der Waals surface area contributed by atoms with Gasteiger partial charge in [-0.3, -0.25) is 14.2 Å². The van der Waals surface area contributed by atoms with Gasteiger partial charge in [0.15, 0.2) is 6.10 Å². The van der Waals surface area contributed by atoms with Gasteiger partial charge < -0.3 is 27.9 Å². The van der Waals surface area contributed by atoms with Crippen LogP contribution in [-0.2, 0) is 32.7 Å². The van der Waals surface area contributed by atoms with E-state index >= 15 is 0 Å². The van der Waals surface area contributed by atoms with Gasteiger partial charge in [-0.25, -0.2) is 0 Å². The van der Waals surface area contributed by atoms with E-state index < -0.39 is 26.5 Å². The third-order valence-corrected chi connectivity index (χ3v) is 10.9. The monoisotopic (exact) mass is 814 g/mol. The van der Waals surface area contributed by atoms with Gasteiger partial charge in [0, 0.05) is 12.8 Å². The largest absolute Gasteiger partial charge is 0.756 e. The number of hydrogen-bond acceptors (Lipinski definition) is 8. The number of allylic oxidation sites excluding steroid dienone is 4. The first kappa shape index (κ1) is 54.5. The highest BCUT2D eigenvalue weighted by Crippen LogP contribution is 2.38. The molecule has 0 aromatic heterocycles. The SMILES string of the molecule is CCCCC/C=C\C/C=C\CCCCCCCCCC(=O)O[C@H](COC(=O)CCCCCCCCCCCCCCCCC)COP(=O)([O-])OCC[N+](C)(C)C. The van der Waals surface area contributed by atoms with E-state index in [4.69, 9.17) is 18.5 Å². The van der Waals surface area contributed by atoms with Crippen molar-refractivity contribution < 1.29 is 42.1 Å². The van der Waals surface area contributed by atoms with Crippen molar-refractivity contribution in [1.82, 2.24) is 0 Å². The minimum atomic E-state index is -4.62. The molecule has 0 heterocycles. The van der Waals surface area contributed by atoms with E-state index in [0.29, 0.717) is 17.4 Å². The Hall–Kier alpha value is -1.51. The molecule has 0 aliphatic rings. The highest BCUT2D eigenvalue weighted by Gasteiger charge is 2.21. The maximum Gasteiger partial charge on any atom is 0.306 e. The lowest BCUT2D eigenvalue weighted by molar-refractivity contribution is -0.870. The van der Waals surface area contributed by atoms with Gasteiger partial charge in [0.1, 0.15) is 19.8 Å². The number of hydrogen-bond donors (Lipinski definition) is 0. The Morgan fingerprint density at radius 3 is 1.45 bits per heavy atom. The van der Waals surface area contributed by atoms with Crippen molar-refractivity contribution >= 4 is 19.8 Å². The normalized spacial score (nSPS) is 13.8. The molecule has 2 atom stereocenters. The lowest BCUT2D eigenvalue weighted by atomic mass is 10.0. The van der Waals surface area contributed by atoms with Gasteiger partial charge in [0.05, 0.1) is 27.7 Å². The first-order valence-corrected chi connectivity index (χ1v) is 24.5. The summed E-state index contributed by atoms with van der Waals surface area (Å²) in [5, 5.41) is 0. The number of phosphoric acid groups is 1. The average molecular weight is 814 g/mol. The molecule has 0 aliphatic heterocycles. The van der Waals surface area contributed by atoms with Gasteiger partial charge in [-0.2, -0.15) is 0 Å². The molecule has 0 aliphatic carbocycles. The van der Waals surface area contributed by atoms with Crippen LogP contribution in [0.4, 0.5) is 0 Å². The minimum Gasteiger partial charge on any atom is -0.756 e. The molecule has 0 spiro atoms. The molecular weight excluding hydrogens is 725 g/mol. The second kappa shape index (κ2) is 39.0. The Morgan fingerprint density at radius 1 is 0.554 bits per heavy atom. The van der Waals surface area contributed by atoms with Crippen LogP contribution >= 0.6 is 7.82 Å². The van der Waals surface area contributed by atoms with Crippen LogP contribution in [0.25, 0.3) is 0 Å². The van der Waals surface area contributed by atoms with Crippen molar-refractivity contribution in [2.24, 2.45) is 0 Å². The zero-order valence-corrected chi connectivity index (χ0v) is 38.0. The van der Waals surface area contributed by atoms with E-state index in [2.05, 4.69) is 38.2 Å². The van der Waals surface area contributed by atoms with Gasteiger partial charge in [0.2, 0.25) is 0 Å². The summed E-state index contributed by atoms with van der Waals surface area (Å²) in [7, 11) is 1.17. The van der Waals surface area contributed by atoms with Gasteiger partial charge in [-0.05, 0) is 44.9 Å². The summed E-state index contributed by atoms with van der Waals surface area (Å²) in [6.45, 7) is 4.21. The standard InChI is InChI=1S/C46H88NO8P/c1-6-8-10-12-14-16-18-20-22-23-25-27-29-31-33-35-37-39-46(49)55-44(43-54-56(50,51)53-41-40-47(3,4)5)42-52-45(48)38-36-34-32-30-28-26-24-21-19-17-15-13-11-9-7-2/h14,16,20,22,44H,6-13,15,17-19,21,23-43H2,1-5H3/b16-14-,22-20-/t44-/m1/s1. The summed E-state index contributed by atoms with van der Waals surface area (Å²) < 4.78 is 33.9. The second-order valence-electron chi connectivity index (χ2n) is 16.8. The summed E-state index contributed by atoms with van der Waals surface area (Å²) in [5.74, 6) is -0.835. The quantitative estimate of drug-likeness (QED) is 0.0197. The molecule has 9 nitrogen and oxygen atoms in total. The van der Waals surface area contributed by atoms with Crippen molar-refractivity contribution in [2.75, 3.05) is 47.5 Å². The lowest BCUT2D eigenvalue weighted by Gasteiger charge is -2.28. The van der Waals surface area contributed by atoms with Crippen molar-refractivity contribution in [2.45, 2.75) is 213 Å². The van der Waals surface area contributed by atoms with E-state index in [-0.39, 0.29) is 32.0 Å². The maximum absolute atomic E-state index is 12.7. The number of nitrogens with zero attached hydrogens (tertiary/aromatic N) is 1. The summed E-state index contributed by atoms with van der Waals surface area (Å²) in [6, 6.07) is 0. The van der Waals surface area contributed by atoms with E-state index in [1.54, 1.807) is 0 Å². The van der Waals surface area contributed by atoms with E-state index in [1.165, 1.54) is 122 Å². The molecule has 0 N–H and O–H groups in total. The van der Waals surface area contributed by atoms with Gasteiger partial charge in [-0.1, -0.05) is 173 Å². The number of unbranched alkanes of at least 4 members (excludes halogenated alkanes) is 24. The summed E-state index contributed by atoms with van der Waals surface area (Å²) in [4.78, 5) is 37.6. The zero-order chi connectivity index (χ0) is 41.4. The highest BCUT2D eigenvalue weighted by molar-refractivity contribution is 7.45. The molecule has 10 heteroatoms. The average Bonchev–Trinajstić information content (AvgIpc) is 3.15. The fourth-order valence-corrected chi connectivity index (χ4v) is 7.06. The lowest BCUT2D eigenvalue weighted by Crippen LogP contribution is -2.37. The number of rotatable bonds is 42. The molecule has 0 fully saturated rings. The van der Waals surface area contributed by atoms with Crippen LogP contribution in [0.5, 0.6) is 0 Å². The Morgan fingerprint density at radius 2 is 0.964 bits per heavy atom. The molecule has 0 aromatic carbocycles. The number of phosphoric ester groups is 1. The Balaban J connectivity index is 4.33. The highest BCUT2D eigenvalue weighted by atomic mass is 31.2. The number of likely N-dealkylation sites (N-methyl/N-ethyl adjacent to an activating group) is 1. The van der Waals surface area contributed by atoms with Crippen molar-refractivity contribution in [1.29, 1.82) is 0 Å². The second-order valence-corrected chi connectivity index (χ2v) is 18.2. The van der Waals surface area contributed by atoms with Crippen LogP contribution in [0.1, 0.15) is 206 Å².